The van der Waals surface area contributed by atoms with Crippen LogP contribution >= 0.6 is 11.6 Å². The molecule has 0 saturated heterocycles. The van der Waals surface area contributed by atoms with Gasteiger partial charge in [0.1, 0.15) is 11.6 Å². The molecule has 0 atom stereocenters. The smallest absolute Gasteiger partial charge is 0.341 e. The maximum Gasteiger partial charge on any atom is 0.341 e. The number of rotatable bonds is 4. The van der Waals surface area contributed by atoms with E-state index in [1.165, 1.54) is 6.92 Å². The van der Waals surface area contributed by atoms with Gasteiger partial charge >= 0.3 is 5.97 Å². The predicted molar refractivity (Wildman–Crippen MR) is 59.4 cm³/mol. The molecule has 0 fully saturated rings. The van der Waals surface area contributed by atoms with Crippen molar-refractivity contribution in [3.8, 4) is 6.07 Å². The second-order valence-corrected chi connectivity index (χ2v) is 3.45. The Kier molecular flexibility index (Phi) is 4.98. The van der Waals surface area contributed by atoms with Gasteiger partial charge in [0.25, 0.3) is 6.43 Å². The molecule has 0 aliphatic rings. The molecule has 0 N–H and O–H groups in total. The summed E-state index contributed by atoms with van der Waals surface area (Å²) in [7, 11) is 0. The summed E-state index contributed by atoms with van der Waals surface area (Å²) >= 11 is 5.52. The van der Waals surface area contributed by atoms with Crippen LogP contribution < -0.4 is 0 Å². The minimum Gasteiger partial charge on any atom is -0.462 e. The number of esters is 1. The molecule has 0 spiro atoms. The summed E-state index contributed by atoms with van der Waals surface area (Å²) in [5.41, 5.74) is -1.48. The average Bonchev–Trinajstić information content (AvgIpc) is 2.36. The molecular weight excluding hydrogens is 266 g/mol. The highest BCUT2D eigenvalue weighted by molar-refractivity contribution is 6.17. The van der Waals surface area contributed by atoms with Gasteiger partial charge in [0.2, 0.25) is 0 Å². The van der Waals surface area contributed by atoms with E-state index in [1.54, 1.807) is 6.07 Å². The van der Waals surface area contributed by atoms with Gasteiger partial charge in [-0.05, 0) is 12.5 Å². The zero-order valence-electron chi connectivity index (χ0n) is 9.41. The number of alkyl halides is 3. The van der Waals surface area contributed by atoms with E-state index in [0.717, 1.165) is 6.20 Å². The van der Waals surface area contributed by atoms with E-state index in [0.29, 0.717) is 0 Å². The highest BCUT2D eigenvalue weighted by atomic mass is 35.5. The molecule has 18 heavy (non-hydrogen) atoms. The van der Waals surface area contributed by atoms with Gasteiger partial charge in [0, 0.05) is 17.6 Å². The molecule has 0 bridgehead atoms. The number of carbonyl (C=O) groups is 1. The number of hydrogen-bond acceptors (Lipinski definition) is 4. The normalized spacial score (nSPS) is 10.2. The zero-order valence-corrected chi connectivity index (χ0v) is 10.2. The Balaban J connectivity index is 3.51. The second kappa shape index (κ2) is 6.26. The van der Waals surface area contributed by atoms with Gasteiger partial charge in [0.15, 0.2) is 5.69 Å². The standard InChI is InChI=1S/C11H9ClF2N2O2/c1-2-18-11(17)9-7(4-15)16-5-6(3-12)8(9)10(13)14/h5,10H,2-3H2,1H3. The van der Waals surface area contributed by atoms with E-state index in [1.807, 2.05) is 0 Å². The summed E-state index contributed by atoms with van der Waals surface area (Å²) in [4.78, 5) is 15.3. The first-order chi connectivity index (χ1) is 8.56. The third kappa shape index (κ3) is 2.74. The molecule has 0 unspecified atom stereocenters. The lowest BCUT2D eigenvalue weighted by Crippen LogP contribution is -2.14. The monoisotopic (exact) mass is 274 g/mol. The SMILES string of the molecule is CCOC(=O)c1c(C#N)ncc(CCl)c1C(F)F. The van der Waals surface area contributed by atoms with Crippen molar-refractivity contribution < 1.29 is 18.3 Å². The number of ether oxygens (including phenoxy) is 1. The van der Waals surface area contributed by atoms with Crippen LogP contribution in [0.2, 0.25) is 0 Å². The fourth-order valence-corrected chi connectivity index (χ4v) is 1.63. The number of pyridine rings is 1. The van der Waals surface area contributed by atoms with Gasteiger partial charge in [-0.25, -0.2) is 18.6 Å². The first-order valence-electron chi connectivity index (χ1n) is 4.99. The quantitative estimate of drug-likeness (QED) is 0.625. The van der Waals surface area contributed by atoms with Crippen LogP contribution in [0.3, 0.4) is 0 Å². The predicted octanol–water partition coefficient (Wildman–Crippen LogP) is 2.81. The van der Waals surface area contributed by atoms with E-state index < -0.39 is 29.2 Å². The fraction of sp³-hybridized carbons (Fsp3) is 0.364. The van der Waals surface area contributed by atoms with Crippen LogP contribution in [0.4, 0.5) is 8.78 Å². The van der Waals surface area contributed by atoms with Crippen molar-refractivity contribution in [2.75, 3.05) is 6.61 Å². The highest BCUT2D eigenvalue weighted by Crippen LogP contribution is 2.29. The minimum atomic E-state index is -2.94. The Morgan fingerprint density at radius 2 is 2.33 bits per heavy atom. The highest BCUT2D eigenvalue weighted by Gasteiger charge is 2.27. The molecule has 0 radical (unpaired) electrons. The van der Waals surface area contributed by atoms with Crippen LogP contribution in [0.1, 0.15) is 40.5 Å². The van der Waals surface area contributed by atoms with Crippen molar-refractivity contribution >= 4 is 17.6 Å². The van der Waals surface area contributed by atoms with Crippen LogP contribution in [-0.2, 0) is 10.6 Å². The summed E-state index contributed by atoms with van der Waals surface area (Å²) in [6, 6.07) is 1.59. The summed E-state index contributed by atoms with van der Waals surface area (Å²) in [6.07, 6.45) is -1.87. The van der Waals surface area contributed by atoms with Crippen molar-refractivity contribution in [2.24, 2.45) is 0 Å². The zero-order chi connectivity index (χ0) is 13.7. The lowest BCUT2D eigenvalue weighted by atomic mass is 10.0. The number of nitrogens with zero attached hydrogens (tertiary/aromatic N) is 2. The van der Waals surface area contributed by atoms with Gasteiger partial charge < -0.3 is 4.74 Å². The van der Waals surface area contributed by atoms with Crippen molar-refractivity contribution in [3.05, 3.63) is 28.6 Å². The van der Waals surface area contributed by atoms with E-state index in [-0.39, 0.29) is 18.1 Å². The Bertz CT molecular complexity index is 501. The van der Waals surface area contributed by atoms with Gasteiger partial charge in [-0.2, -0.15) is 5.26 Å². The molecular formula is C11H9ClF2N2O2. The third-order valence-corrected chi connectivity index (χ3v) is 2.44. The van der Waals surface area contributed by atoms with Crippen molar-refractivity contribution in [2.45, 2.75) is 19.2 Å². The maximum absolute atomic E-state index is 13.0. The van der Waals surface area contributed by atoms with Crippen LogP contribution in [0.15, 0.2) is 6.20 Å². The molecule has 0 aliphatic carbocycles. The third-order valence-electron chi connectivity index (χ3n) is 2.15. The van der Waals surface area contributed by atoms with Crippen molar-refractivity contribution in [1.82, 2.24) is 4.98 Å². The summed E-state index contributed by atoms with van der Waals surface area (Å²) in [5, 5.41) is 8.81. The first kappa shape index (κ1) is 14.3. The van der Waals surface area contributed by atoms with E-state index in [9.17, 15) is 13.6 Å². The first-order valence-corrected chi connectivity index (χ1v) is 5.53. The Hall–Kier alpha value is -1.74. The molecule has 96 valence electrons. The van der Waals surface area contributed by atoms with Gasteiger partial charge in [-0.15, -0.1) is 11.6 Å². The Morgan fingerprint density at radius 1 is 1.67 bits per heavy atom. The second-order valence-electron chi connectivity index (χ2n) is 3.19. The molecule has 4 nitrogen and oxygen atoms in total. The topological polar surface area (TPSA) is 63.0 Å². The van der Waals surface area contributed by atoms with Gasteiger partial charge in [-0.3, -0.25) is 0 Å². The Labute approximate surface area is 107 Å². The lowest BCUT2D eigenvalue weighted by molar-refractivity contribution is 0.0514. The summed E-state index contributed by atoms with van der Waals surface area (Å²) in [5.74, 6) is -1.23. The minimum absolute atomic E-state index is 0.00807. The molecule has 7 heteroatoms. The summed E-state index contributed by atoms with van der Waals surface area (Å²) < 4.78 is 30.6. The lowest BCUT2D eigenvalue weighted by Gasteiger charge is -2.12. The number of nitriles is 1. The maximum atomic E-state index is 13.0. The molecule has 0 amide bonds. The fourth-order valence-electron chi connectivity index (χ4n) is 1.42. The van der Waals surface area contributed by atoms with Gasteiger partial charge in [-0.1, -0.05) is 0 Å². The van der Waals surface area contributed by atoms with E-state index in [2.05, 4.69) is 9.72 Å². The van der Waals surface area contributed by atoms with E-state index in [4.69, 9.17) is 16.9 Å². The van der Waals surface area contributed by atoms with Crippen molar-refractivity contribution in [1.29, 1.82) is 5.26 Å². The van der Waals surface area contributed by atoms with Crippen LogP contribution in [0.5, 0.6) is 0 Å². The van der Waals surface area contributed by atoms with Crippen LogP contribution in [0.25, 0.3) is 0 Å². The Morgan fingerprint density at radius 3 is 2.78 bits per heavy atom. The number of halogens is 3. The molecule has 1 rings (SSSR count). The van der Waals surface area contributed by atoms with Gasteiger partial charge in [0.05, 0.1) is 6.61 Å². The molecule has 0 aromatic carbocycles. The van der Waals surface area contributed by atoms with Crippen LogP contribution in [-0.4, -0.2) is 17.6 Å². The number of carbonyl (C=O) groups excluding carboxylic acids is 1. The number of hydrogen-bond donors (Lipinski definition) is 0. The molecule has 1 aromatic rings. The molecule has 1 aromatic heterocycles. The molecule has 0 saturated carbocycles. The van der Waals surface area contributed by atoms with E-state index >= 15 is 0 Å². The largest absolute Gasteiger partial charge is 0.462 e. The molecule has 0 aliphatic heterocycles. The molecule has 1 heterocycles. The van der Waals surface area contributed by atoms with Crippen LogP contribution in [0, 0.1) is 11.3 Å². The van der Waals surface area contributed by atoms with Crippen molar-refractivity contribution in [3.63, 3.8) is 0 Å². The average molecular weight is 275 g/mol. The summed E-state index contributed by atoms with van der Waals surface area (Å²) in [6.45, 7) is 1.54. The number of aromatic nitrogens is 1.